The molecule has 0 amide bonds. The van der Waals surface area contributed by atoms with Crippen LogP contribution in [0.4, 0.5) is 11.6 Å². The van der Waals surface area contributed by atoms with Crippen molar-refractivity contribution in [1.82, 2.24) is 15.0 Å². The van der Waals surface area contributed by atoms with Gasteiger partial charge in [0.05, 0.1) is 0 Å². The lowest BCUT2D eigenvalue weighted by atomic mass is 10.3. The van der Waals surface area contributed by atoms with E-state index in [1.54, 1.807) is 6.92 Å². The molecule has 0 saturated carbocycles. The number of rotatable bonds is 2. The fraction of sp³-hybridized carbons (Fsp3) is 0.100. The predicted molar refractivity (Wildman–Crippen MR) is 54.3 cm³/mol. The SMILES string of the molecule is [3H]c1nc(C)nc(Nc2ccccc2)n1. The molecule has 0 aliphatic carbocycles. The molecule has 0 unspecified atom stereocenters. The zero-order valence-corrected chi connectivity index (χ0v) is 7.73. The van der Waals surface area contributed by atoms with Crippen molar-refractivity contribution < 1.29 is 1.37 Å². The Hall–Kier alpha value is -1.97. The van der Waals surface area contributed by atoms with E-state index in [1.165, 1.54) is 0 Å². The van der Waals surface area contributed by atoms with E-state index >= 15 is 0 Å². The summed E-state index contributed by atoms with van der Waals surface area (Å²) >= 11 is 0. The predicted octanol–water partition coefficient (Wildman–Crippen LogP) is 1.92. The molecule has 0 fully saturated rings. The minimum Gasteiger partial charge on any atom is -0.324 e. The summed E-state index contributed by atoms with van der Waals surface area (Å²) in [6.45, 7) is 1.73. The summed E-state index contributed by atoms with van der Waals surface area (Å²) in [4.78, 5) is 11.7. The number of nitrogens with one attached hydrogen (secondary N) is 1. The highest BCUT2D eigenvalue weighted by Gasteiger charge is 1.96. The maximum atomic E-state index is 7.34. The van der Waals surface area contributed by atoms with Crippen LogP contribution in [0.25, 0.3) is 0 Å². The summed E-state index contributed by atoms with van der Waals surface area (Å²) in [5, 5.41) is 3.00. The standard InChI is InChI=1S/C10H10N4/c1-8-11-7-12-10(13-8)14-9-5-3-2-4-6-9/h2-7H,1H3,(H,11,12,13,14)/i7T. The summed E-state index contributed by atoms with van der Waals surface area (Å²) in [5.41, 5.74) is 0.891. The van der Waals surface area contributed by atoms with Gasteiger partial charge in [-0.2, -0.15) is 4.98 Å². The molecule has 1 aromatic heterocycles. The van der Waals surface area contributed by atoms with Crippen molar-refractivity contribution in [3.63, 3.8) is 0 Å². The van der Waals surface area contributed by atoms with Gasteiger partial charge in [-0.25, -0.2) is 9.97 Å². The van der Waals surface area contributed by atoms with Gasteiger partial charge in [0.2, 0.25) is 5.95 Å². The Labute approximate surface area is 83.5 Å². The molecule has 70 valence electrons. The lowest BCUT2D eigenvalue weighted by molar-refractivity contribution is 0.982. The van der Waals surface area contributed by atoms with Crippen LogP contribution in [0, 0.1) is 6.92 Å². The molecule has 4 nitrogen and oxygen atoms in total. The topological polar surface area (TPSA) is 50.7 Å². The molecule has 0 radical (unpaired) electrons. The van der Waals surface area contributed by atoms with Gasteiger partial charge in [-0.15, -0.1) is 0 Å². The first kappa shape index (κ1) is 7.44. The number of nitrogens with zero attached hydrogens (tertiary/aromatic N) is 3. The van der Waals surface area contributed by atoms with E-state index < -0.39 is 0 Å². The number of hydrogen-bond donors (Lipinski definition) is 1. The van der Waals surface area contributed by atoms with E-state index in [-0.39, 0.29) is 6.30 Å². The number of anilines is 2. The fourth-order valence-electron chi connectivity index (χ4n) is 1.05. The second-order valence-corrected chi connectivity index (χ2v) is 2.80. The van der Waals surface area contributed by atoms with Crippen molar-refractivity contribution in [3.05, 3.63) is 42.5 Å². The quantitative estimate of drug-likeness (QED) is 0.782. The largest absolute Gasteiger partial charge is 0.324 e. The van der Waals surface area contributed by atoms with Crippen LogP contribution < -0.4 is 5.32 Å². The van der Waals surface area contributed by atoms with E-state index in [0.29, 0.717) is 11.8 Å². The molecule has 4 heteroatoms. The van der Waals surface area contributed by atoms with E-state index in [2.05, 4.69) is 20.3 Å². The number of benzene rings is 1. The van der Waals surface area contributed by atoms with Crippen molar-refractivity contribution in [2.45, 2.75) is 6.92 Å². The van der Waals surface area contributed by atoms with E-state index in [0.717, 1.165) is 5.69 Å². The average Bonchev–Trinajstić information content (AvgIpc) is 2.17. The minimum absolute atomic E-state index is 0.0269. The average molecular weight is 188 g/mol. The zero-order valence-electron chi connectivity index (χ0n) is 8.73. The van der Waals surface area contributed by atoms with Crippen LogP contribution in [-0.2, 0) is 0 Å². The second kappa shape index (κ2) is 3.83. The normalized spacial score (nSPS) is 10.8. The number of para-hydroxylation sites is 1. The molecule has 2 aromatic rings. The lowest BCUT2D eigenvalue weighted by Gasteiger charge is -2.03. The highest BCUT2D eigenvalue weighted by Crippen LogP contribution is 2.10. The Morgan fingerprint density at radius 1 is 1.21 bits per heavy atom. The van der Waals surface area contributed by atoms with Gasteiger partial charge in [-0.3, -0.25) is 0 Å². The minimum atomic E-state index is -0.0269. The first-order valence-electron chi connectivity index (χ1n) is 4.75. The molecule has 14 heavy (non-hydrogen) atoms. The van der Waals surface area contributed by atoms with Crippen LogP contribution in [-0.4, -0.2) is 15.0 Å². The maximum absolute atomic E-state index is 7.34. The number of aryl methyl sites for hydroxylation is 1. The molecule has 0 aliphatic heterocycles. The molecular weight excluding hydrogens is 176 g/mol. The van der Waals surface area contributed by atoms with Gasteiger partial charge in [0, 0.05) is 5.69 Å². The summed E-state index contributed by atoms with van der Waals surface area (Å²) in [5.74, 6) is 0.937. The zero-order chi connectivity index (χ0) is 10.7. The van der Waals surface area contributed by atoms with Gasteiger partial charge in [0.25, 0.3) is 0 Å². The molecule has 0 bridgehead atoms. The highest BCUT2D eigenvalue weighted by atomic mass is 15.1. The van der Waals surface area contributed by atoms with Gasteiger partial charge in [0.1, 0.15) is 13.5 Å². The monoisotopic (exact) mass is 188 g/mol. The van der Waals surface area contributed by atoms with Crippen molar-refractivity contribution in [3.8, 4) is 0 Å². The molecule has 2 rings (SSSR count). The Bertz CT molecular complexity index is 438. The molecule has 1 aromatic carbocycles. The molecule has 0 spiro atoms. The van der Waals surface area contributed by atoms with Crippen LogP contribution in [0.5, 0.6) is 0 Å². The van der Waals surface area contributed by atoms with Crippen molar-refractivity contribution in [1.29, 1.82) is 0 Å². The Morgan fingerprint density at radius 3 is 2.71 bits per heavy atom. The second-order valence-electron chi connectivity index (χ2n) is 2.80. The molecule has 0 aliphatic rings. The van der Waals surface area contributed by atoms with Gasteiger partial charge >= 0.3 is 0 Å². The van der Waals surface area contributed by atoms with E-state index in [1.807, 2.05) is 30.3 Å². The third-order valence-electron chi connectivity index (χ3n) is 1.67. The fourth-order valence-corrected chi connectivity index (χ4v) is 1.05. The Kier molecular flexibility index (Phi) is 2.03. The van der Waals surface area contributed by atoms with Crippen molar-refractivity contribution >= 4 is 11.6 Å². The van der Waals surface area contributed by atoms with Gasteiger partial charge in [0.15, 0.2) is 0 Å². The first-order chi connectivity index (χ1) is 7.24. The maximum Gasteiger partial charge on any atom is 0.230 e. The molecule has 0 atom stereocenters. The number of aromatic nitrogens is 3. The lowest BCUT2D eigenvalue weighted by Crippen LogP contribution is -1.99. The molecule has 0 saturated heterocycles. The summed E-state index contributed by atoms with van der Waals surface area (Å²) in [6.07, 6.45) is -0.0269. The molecule has 1 N–H and O–H groups in total. The van der Waals surface area contributed by atoms with Crippen molar-refractivity contribution in [2.24, 2.45) is 0 Å². The van der Waals surface area contributed by atoms with Gasteiger partial charge < -0.3 is 5.32 Å². The number of hydrogen-bond acceptors (Lipinski definition) is 4. The van der Waals surface area contributed by atoms with Crippen LogP contribution in [0.2, 0.25) is 0 Å². The summed E-state index contributed by atoms with van der Waals surface area (Å²) < 4.78 is 7.34. The molecular formula is C10H10N4. The Morgan fingerprint density at radius 2 is 2.00 bits per heavy atom. The van der Waals surface area contributed by atoms with Crippen LogP contribution in [0.3, 0.4) is 0 Å². The smallest absolute Gasteiger partial charge is 0.230 e. The van der Waals surface area contributed by atoms with Crippen LogP contribution in [0.1, 0.15) is 7.20 Å². The van der Waals surface area contributed by atoms with Gasteiger partial charge in [-0.1, -0.05) is 18.2 Å². The summed E-state index contributed by atoms with van der Waals surface area (Å²) in [6, 6.07) is 9.57. The third-order valence-corrected chi connectivity index (χ3v) is 1.67. The van der Waals surface area contributed by atoms with Gasteiger partial charge in [-0.05, 0) is 19.1 Å². The van der Waals surface area contributed by atoms with Crippen molar-refractivity contribution in [2.75, 3.05) is 5.32 Å². The van der Waals surface area contributed by atoms with Crippen LogP contribution in [0.15, 0.2) is 36.6 Å². The van der Waals surface area contributed by atoms with E-state index in [4.69, 9.17) is 1.37 Å². The highest BCUT2D eigenvalue weighted by molar-refractivity contribution is 5.52. The molecule has 1 heterocycles. The summed E-state index contributed by atoms with van der Waals surface area (Å²) in [7, 11) is 0. The van der Waals surface area contributed by atoms with Crippen LogP contribution >= 0.6 is 0 Å². The first-order valence-corrected chi connectivity index (χ1v) is 4.25. The van der Waals surface area contributed by atoms with E-state index in [9.17, 15) is 0 Å². The Balaban J connectivity index is 2.25. The third kappa shape index (κ3) is 2.04.